The van der Waals surface area contributed by atoms with E-state index in [-0.39, 0.29) is 29.4 Å². The maximum atomic E-state index is 5.49. The van der Waals surface area contributed by atoms with Crippen molar-refractivity contribution in [3.8, 4) is 0 Å². The molecule has 0 spiro atoms. The summed E-state index contributed by atoms with van der Waals surface area (Å²) in [6, 6.07) is 8.82. The Kier molecular flexibility index (Phi) is 13.4. The molecule has 0 radical (unpaired) electrons. The SMILES string of the molecule is CN=C(NCCCCOCCOC)NCC1(c2ccc(Br)cc2)CCCC1.I. The van der Waals surface area contributed by atoms with Crippen molar-refractivity contribution in [2.75, 3.05) is 47.1 Å². The number of aliphatic imine (C=N–C) groups is 1. The number of ether oxygens (including phenoxy) is 2. The Morgan fingerprint density at radius 1 is 1.07 bits per heavy atom. The van der Waals surface area contributed by atoms with Gasteiger partial charge < -0.3 is 20.1 Å². The zero-order chi connectivity index (χ0) is 19.4. The highest BCUT2D eigenvalue weighted by atomic mass is 127. The largest absolute Gasteiger partial charge is 0.382 e. The summed E-state index contributed by atoms with van der Waals surface area (Å²) in [6.45, 7) is 3.94. The van der Waals surface area contributed by atoms with Gasteiger partial charge in [0.1, 0.15) is 0 Å². The summed E-state index contributed by atoms with van der Waals surface area (Å²) < 4.78 is 11.6. The number of methoxy groups -OCH3 is 1. The first kappa shape index (κ1) is 25.7. The van der Waals surface area contributed by atoms with Gasteiger partial charge in [-0.3, -0.25) is 4.99 Å². The van der Waals surface area contributed by atoms with Gasteiger partial charge in [0.25, 0.3) is 0 Å². The average molecular weight is 568 g/mol. The lowest BCUT2D eigenvalue weighted by molar-refractivity contribution is 0.0689. The summed E-state index contributed by atoms with van der Waals surface area (Å²) >= 11 is 3.54. The Morgan fingerprint density at radius 2 is 1.79 bits per heavy atom. The van der Waals surface area contributed by atoms with E-state index in [1.807, 2.05) is 7.05 Å². The lowest BCUT2D eigenvalue weighted by atomic mass is 9.79. The minimum absolute atomic E-state index is 0. The molecule has 5 nitrogen and oxygen atoms in total. The summed E-state index contributed by atoms with van der Waals surface area (Å²) in [5.74, 6) is 0.888. The van der Waals surface area contributed by atoms with E-state index in [1.165, 1.54) is 31.2 Å². The van der Waals surface area contributed by atoms with E-state index in [0.717, 1.165) is 43.0 Å². The third-order valence-corrected chi connectivity index (χ3v) is 5.80. The monoisotopic (exact) mass is 567 g/mol. The summed E-state index contributed by atoms with van der Waals surface area (Å²) in [5, 5.41) is 6.99. The van der Waals surface area contributed by atoms with Crippen LogP contribution in [-0.2, 0) is 14.9 Å². The quantitative estimate of drug-likeness (QED) is 0.179. The van der Waals surface area contributed by atoms with Crippen LogP contribution in [-0.4, -0.2) is 53.0 Å². The highest BCUT2D eigenvalue weighted by Crippen LogP contribution is 2.40. The van der Waals surface area contributed by atoms with Gasteiger partial charge in [-0.15, -0.1) is 24.0 Å². The number of hydrogen-bond acceptors (Lipinski definition) is 3. The second-order valence-corrected chi connectivity index (χ2v) is 8.07. The number of nitrogens with one attached hydrogen (secondary N) is 2. The molecule has 28 heavy (non-hydrogen) atoms. The fraction of sp³-hybridized carbons (Fsp3) is 0.667. The molecule has 0 saturated heterocycles. The van der Waals surface area contributed by atoms with Crippen LogP contribution in [0.3, 0.4) is 0 Å². The van der Waals surface area contributed by atoms with Crippen molar-refractivity contribution < 1.29 is 9.47 Å². The van der Waals surface area contributed by atoms with Crippen molar-refractivity contribution >= 4 is 45.9 Å². The normalized spacial score (nSPS) is 15.9. The molecule has 0 aliphatic heterocycles. The first-order valence-electron chi connectivity index (χ1n) is 9.97. The number of rotatable bonds is 11. The molecule has 2 N–H and O–H groups in total. The fourth-order valence-corrected chi connectivity index (χ4v) is 3.94. The van der Waals surface area contributed by atoms with Crippen LogP contribution in [0.1, 0.15) is 44.1 Å². The third kappa shape index (κ3) is 8.55. The number of guanidine groups is 1. The van der Waals surface area contributed by atoms with Gasteiger partial charge in [0.2, 0.25) is 0 Å². The molecule has 0 bridgehead atoms. The molecular formula is C21H35BrIN3O2. The topological polar surface area (TPSA) is 54.9 Å². The van der Waals surface area contributed by atoms with Gasteiger partial charge in [-0.2, -0.15) is 0 Å². The van der Waals surface area contributed by atoms with E-state index < -0.39 is 0 Å². The number of halogens is 2. The zero-order valence-electron chi connectivity index (χ0n) is 17.1. The number of nitrogens with zero attached hydrogens (tertiary/aromatic N) is 1. The Balaban J connectivity index is 0.00000392. The molecule has 1 fully saturated rings. The average Bonchev–Trinajstić information content (AvgIpc) is 3.17. The van der Waals surface area contributed by atoms with Crippen LogP contribution in [0.25, 0.3) is 0 Å². The van der Waals surface area contributed by atoms with Crippen LogP contribution in [0.5, 0.6) is 0 Å². The first-order valence-corrected chi connectivity index (χ1v) is 10.8. The van der Waals surface area contributed by atoms with E-state index in [9.17, 15) is 0 Å². The molecule has 1 aliphatic carbocycles. The van der Waals surface area contributed by atoms with E-state index in [1.54, 1.807) is 7.11 Å². The number of unbranched alkanes of at least 4 members (excludes halogenated alkanes) is 1. The van der Waals surface area contributed by atoms with Crippen LogP contribution < -0.4 is 10.6 Å². The van der Waals surface area contributed by atoms with Gasteiger partial charge in [0, 0.05) is 43.7 Å². The van der Waals surface area contributed by atoms with Crippen LogP contribution in [0.2, 0.25) is 0 Å². The lowest BCUT2D eigenvalue weighted by Crippen LogP contribution is -2.45. The Bertz CT molecular complexity index is 563. The summed E-state index contributed by atoms with van der Waals surface area (Å²) in [5.41, 5.74) is 1.65. The van der Waals surface area contributed by atoms with Gasteiger partial charge >= 0.3 is 0 Å². The lowest BCUT2D eigenvalue weighted by Gasteiger charge is -2.31. The summed E-state index contributed by atoms with van der Waals surface area (Å²) in [4.78, 5) is 4.39. The van der Waals surface area contributed by atoms with Crippen molar-refractivity contribution in [3.63, 3.8) is 0 Å². The molecule has 0 atom stereocenters. The highest BCUT2D eigenvalue weighted by molar-refractivity contribution is 14.0. The molecule has 1 aromatic rings. The van der Waals surface area contributed by atoms with Crippen molar-refractivity contribution in [3.05, 3.63) is 34.3 Å². The van der Waals surface area contributed by atoms with Crippen LogP contribution in [0.4, 0.5) is 0 Å². The molecule has 7 heteroatoms. The first-order chi connectivity index (χ1) is 13.2. The maximum Gasteiger partial charge on any atom is 0.191 e. The van der Waals surface area contributed by atoms with Gasteiger partial charge in [-0.1, -0.05) is 40.9 Å². The van der Waals surface area contributed by atoms with Crippen molar-refractivity contribution in [2.24, 2.45) is 4.99 Å². The summed E-state index contributed by atoms with van der Waals surface area (Å²) in [6.07, 6.45) is 7.16. The molecule has 0 unspecified atom stereocenters. The Morgan fingerprint density at radius 3 is 2.43 bits per heavy atom. The minimum atomic E-state index is 0. The zero-order valence-corrected chi connectivity index (χ0v) is 21.1. The molecule has 1 saturated carbocycles. The summed E-state index contributed by atoms with van der Waals surface area (Å²) in [7, 11) is 3.53. The molecule has 2 rings (SSSR count). The number of hydrogen-bond donors (Lipinski definition) is 2. The predicted molar refractivity (Wildman–Crippen MR) is 131 cm³/mol. The van der Waals surface area contributed by atoms with Crippen molar-refractivity contribution in [2.45, 2.75) is 43.9 Å². The maximum absolute atomic E-state index is 5.49. The molecular weight excluding hydrogens is 533 g/mol. The second-order valence-electron chi connectivity index (χ2n) is 7.16. The van der Waals surface area contributed by atoms with Gasteiger partial charge in [-0.05, 0) is 43.4 Å². The molecule has 0 amide bonds. The highest BCUT2D eigenvalue weighted by Gasteiger charge is 2.35. The van der Waals surface area contributed by atoms with E-state index >= 15 is 0 Å². The van der Waals surface area contributed by atoms with Crippen molar-refractivity contribution in [1.29, 1.82) is 0 Å². The Labute approximate surface area is 195 Å². The molecule has 0 aromatic heterocycles. The molecule has 160 valence electrons. The smallest absolute Gasteiger partial charge is 0.191 e. The molecule has 1 aromatic carbocycles. The standard InChI is InChI=1S/C21H34BrN3O2.HI/c1-23-20(24-13-5-6-14-27-16-15-26-2)25-17-21(11-3-4-12-21)18-7-9-19(22)10-8-18;/h7-10H,3-6,11-17H2,1-2H3,(H2,23,24,25);1H. The third-order valence-electron chi connectivity index (χ3n) is 5.27. The second kappa shape index (κ2) is 14.6. The van der Waals surface area contributed by atoms with E-state index in [2.05, 4.69) is 55.8 Å². The van der Waals surface area contributed by atoms with Gasteiger partial charge in [0.05, 0.1) is 13.2 Å². The predicted octanol–water partition coefficient (Wildman–Crippen LogP) is 4.49. The molecule has 1 aliphatic rings. The van der Waals surface area contributed by atoms with Gasteiger partial charge in [-0.25, -0.2) is 0 Å². The minimum Gasteiger partial charge on any atom is -0.382 e. The fourth-order valence-electron chi connectivity index (χ4n) is 3.68. The van der Waals surface area contributed by atoms with Crippen molar-refractivity contribution in [1.82, 2.24) is 10.6 Å². The Hall–Kier alpha value is -0.380. The van der Waals surface area contributed by atoms with E-state index in [4.69, 9.17) is 9.47 Å². The van der Waals surface area contributed by atoms with Crippen LogP contribution >= 0.6 is 39.9 Å². The number of benzene rings is 1. The van der Waals surface area contributed by atoms with Gasteiger partial charge in [0.15, 0.2) is 5.96 Å². The van der Waals surface area contributed by atoms with E-state index in [0.29, 0.717) is 13.2 Å². The molecule has 0 heterocycles. The van der Waals surface area contributed by atoms with Crippen LogP contribution in [0, 0.1) is 0 Å². The van der Waals surface area contributed by atoms with Crippen LogP contribution in [0.15, 0.2) is 33.7 Å².